The molecule has 1 aliphatic carbocycles. The summed E-state index contributed by atoms with van der Waals surface area (Å²) in [6.07, 6.45) is 3.72. The van der Waals surface area contributed by atoms with Crippen molar-refractivity contribution in [1.29, 1.82) is 0 Å². The fourth-order valence-corrected chi connectivity index (χ4v) is 4.09. The Balaban J connectivity index is 1.62. The fraction of sp³-hybridized carbons (Fsp3) is 0.611. The molecule has 2 aliphatic rings. The molecule has 0 radical (unpaired) electrons. The van der Waals surface area contributed by atoms with E-state index in [4.69, 9.17) is 0 Å². The quantitative estimate of drug-likeness (QED) is 0.844. The first-order valence-electron chi connectivity index (χ1n) is 8.59. The molecular weight excluding hydrogens is 324 g/mol. The fourth-order valence-electron chi connectivity index (χ4n) is 3.50. The molecule has 132 valence electrons. The number of nitrogens with one attached hydrogen (secondary N) is 1. The largest absolute Gasteiger partial charge is 0.348 e. The zero-order valence-corrected chi connectivity index (χ0v) is 15.2. The Hall–Kier alpha value is -1.40. The first-order chi connectivity index (χ1) is 11.3. The number of benzene rings is 1. The molecule has 0 spiro atoms. The van der Waals surface area contributed by atoms with Gasteiger partial charge in [-0.15, -0.1) is 0 Å². The van der Waals surface area contributed by atoms with E-state index in [1.54, 1.807) is 0 Å². The Kier molecular flexibility index (Phi) is 4.97. The lowest BCUT2D eigenvalue weighted by molar-refractivity contribution is 0.0928. The third-order valence-corrected chi connectivity index (χ3v) is 6.00. The molecule has 1 aliphatic heterocycles. The molecule has 1 saturated carbocycles. The van der Waals surface area contributed by atoms with Crippen molar-refractivity contribution in [2.45, 2.75) is 25.8 Å². The Morgan fingerprint density at radius 2 is 1.88 bits per heavy atom. The molecule has 0 unspecified atom stereocenters. The van der Waals surface area contributed by atoms with Gasteiger partial charge in [-0.2, -0.15) is 0 Å². The lowest BCUT2D eigenvalue weighted by Gasteiger charge is -2.19. The van der Waals surface area contributed by atoms with Crippen LogP contribution in [-0.2, 0) is 9.84 Å². The van der Waals surface area contributed by atoms with Crippen LogP contribution in [0.15, 0.2) is 24.3 Å². The molecule has 1 N–H and O–H groups in total. The van der Waals surface area contributed by atoms with Crippen LogP contribution < -0.4 is 5.32 Å². The number of carbonyl (C=O) groups is 1. The van der Waals surface area contributed by atoms with Crippen LogP contribution in [-0.4, -0.2) is 56.9 Å². The normalized spacial score (nSPS) is 24.9. The Morgan fingerprint density at radius 3 is 2.46 bits per heavy atom. The van der Waals surface area contributed by atoms with Gasteiger partial charge in [0.05, 0.1) is 5.75 Å². The highest BCUT2D eigenvalue weighted by Crippen LogP contribution is 2.41. The van der Waals surface area contributed by atoms with E-state index in [1.807, 2.05) is 31.2 Å². The van der Waals surface area contributed by atoms with E-state index in [-0.39, 0.29) is 17.7 Å². The van der Waals surface area contributed by atoms with Gasteiger partial charge in [0, 0.05) is 37.5 Å². The molecule has 1 amide bonds. The second kappa shape index (κ2) is 6.84. The van der Waals surface area contributed by atoms with E-state index in [1.165, 1.54) is 19.1 Å². The van der Waals surface area contributed by atoms with E-state index < -0.39 is 9.84 Å². The van der Waals surface area contributed by atoms with E-state index >= 15 is 0 Å². The minimum absolute atomic E-state index is 0.0318. The molecule has 3 rings (SSSR count). The third-order valence-electron chi connectivity index (χ3n) is 5.08. The van der Waals surface area contributed by atoms with Crippen LogP contribution in [0.25, 0.3) is 0 Å². The van der Waals surface area contributed by atoms with Crippen molar-refractivity contribution < 1.29 is 13.2 Å². The van der Waals surface area contributed by atoms with Crippen molar-refractivity contribution in [3.05, 3.63) is 35.4 Å². The molecule has 24 heavy (non-hydrogen) atoms. The van der Waals surface area contributed by atoms with Crippen molar-refractivity contribution in [2.75, 3.05) is 31.6 Å². The monoisotopic (exact) mass is 350 g/mol. The number of nitrogens with zero attached hydrogens (tertiary/aromatic N) is 1. The van der Waals surface area contributed by atoms with Crippen LogP contribution in [0.4, 0.5) is 0 Å². The van der Waals surface area contributed by atoms with Crippen molar-refractivity contribution in [3.63, 3.8) is 0 Å². The van der Waals surface area contributed by atoms with Gasteiger partial charge in [0.15, 0.2) is 0 Å². The van der Waals surface area contributed by atoms with E-state index in [0.717, 1.165) is 18.7 Å². The number of carbonyl (C=O) groups excluding carboxylic acids is 1. The van der Waals surface area contributed by atoms with Crippen LogP contribution in [0.1, 0.15) is 28.8 Å². The van der Waals surface area contributed by atoms with E-state index in [2.05, 4.69) is 10.2 Å². The summed E-state index contributed by atoms with van der Waals surface area (Å²) in [5.74, 6) is 1.27. The number of aryl methyl sites for hydroxylation is 1. The van der Waals surface area contributed by atoms with Gasteiger partial charge in [0.25, 0.3) is 5.91 Å². The molecule has 2 atom stereocenters. The molecule has 1 heterocycles. The smallest absolute Gasteiger partial charge is 0.251 e. The predicted octanol–water partition coefficient (Wildman–Crippen LogP) is 1.48. The number of hydrogen-bond donors (Lipinski definition) is 1. The van der Waals surface area contributed by atoms with Gasteiger partial charge in [0.2, 0.25) is 0 Å². The number of hydrogen-bond acceptors (Lipinski definition) is 4. The first kappa shape index (κ1) is 17.4. The highest BCUT2D eigenvalue weighted by atomic mass is 32.2. The third kappa shape index (κ3) is 4.57. The number of likely N-dealkylation sites (tertiary alicyclic amines) is 1. The molecule has 1 aromatic rings. The van der Waals surface area contributed by atoms with Crippen LogP contribution >= 0.6 is 0 Å². The summed E-state index contributed by atoms with van der Waals surface area (Å²) in [6, 6.07) is 7.71. The van der Waals surface area contributed by atoms with Crippen molar-refractivity contribution in [2.24, 2.45) is 11.8 Å². The maximum absolute atomic E-state index is 12.5. The molecule has 0 bridgehead atoms. The van der Waals surface area contributed by atoms with Crippen LogP contribution in [0.5, 0.6) is 0 Å². The number of sulfone groups is 1. The summed E-state index contributed by atoms with van der Waals surface area (Å²) >= 11 is 0. The zero-order chi connectivity index (χ0) is 17.3. The lowest BCUT2D eigenvalue weighted by Crippen LogP contribution is -2.41. The van der Waals surface area contributed by atoms with Crippen LogP contribution in [0, 0.1) is 18.8 Å². The minimum Gasteiger partial charge on any atom is -0.348 e. The van der Waals surface area contributed by atoms with Crippen molar-refractivity contribution in [1.82, 2.24) is 10.2 Å². The topological polar surface area (TPSA) is 66.5 Å². The average molecular weight is 350 g/mol. The predicted molar refractivity (Wildman–Crippen MR) is 94.8 cm³/mol. The van der Waals surface area contributed by atoms with Gasteiger partial charge in [0.1, 0.15) is 9.84 Å². The van der Waals surface area contributed by atoms with Gasteiger partial charge in [-0.1, -0.05) is 17.7 Å². The van der Waals surface area contributed by atoms with Gasteiger partial charge in [-0.05, 0) is 43.7 Å². The highest BCUT2D eigenvalue weighted by molar-refractivity contribution is 7.90. The Bertz CT molecular complexity index is 695. The zero-order valence-electron chi connectivity index (χ0n) is 14.4. The average Bonchev–Trinajstić information content (AvgIpc) is 3.27. The van der Waals surface area contributed by atoms with Gasteiger partial charge in [-0.3, -0.25) is 9.69 Å². The SMILES string of the molecule is Cc1ccc(C(=O)N[C@@H]2CN(CCS(C)(=O)=O)C[C@H]2C2CC2)cc1. The lowest BCUT2D eigenvalue weighted by atomic mass is 9.97. The molecular formula is C18H26N2O3S. The van der Waals surface area contributed by atoms with E-state index in [0.29, 0.717) is 23.9 Å². The van der Waals surface area contributed by atoms with Crippen molar-refractivity contribution in [3.8, 4) is 0 Å². The van der Waals surface area contributed by atoms with Crippen molar-refractivity contribution >= 4 is 15.7 Å². The van der Waals surface area contributed by atoms with Crippen LogP contribution in [0.2, 0.25) is 0 Å². The Labute approximate surface area is 144 Å². The maximum Gasteiger partial charge on any atom is 0.251 e. The summed E-state index contributed by atoms with van der Waals surface area (Å²) in [7, 11) is -2.95. The number of rotatable bonds is 6. The summed E-state index contributed by atoms with van der Waals surface area (Å²) < 4.78 is 22.8. The Morgan fingerprint density at radius 1 is 1.21 bits per heavy atom. The molecule has 2 fully saturated rings. The summed E-state index contributed by atoms with van der Waals surface area (Å²) in [4.78, 5) is 14.7. The number of amides is 1. The van der Waals surface area contributed by atoms with E-state index in [9.17, 15) is 13.2 Å². The highest BCUT2D eigenvalue weighted by Gasteiger charge is 2.43. The van der Waals surface area contributed by atoms with Gasteiger partial charge < -0.3 is 5.32 Å². The molecule has 1 aromatic carbocycles. The molecule has 6 heteroatoms. The second-order valence-electron chi connectivity index (χ2n) is 7.34. The first-order valence-corrected chi connectivity index (χ1v) is 10.7. The molecule has 1 saturated heterocycles. The molecule has 5 nitrogen and oxygen atoms in total. The second-order valence-corrected chi connectivity index (χ2v) is 9.60. The summed E-state index contributed by atoms with van der Waals surface area (Å²) in [5.41, 5.74) is 1.82. The maximum atomic E-state index is 12.5. The molecule has 0 aromatic heterocycles. The standard InChI is InChI=1S/C18H26N2O3S/c1-13-3-5-15(6-4-13)18(21)19-17-12-20(9-10-24(2,22)23)11-16(17)14-7-8-14/h3-6,14,16-17H,7-12H2,1-2H3,(H,19,21)/t16-,17+/m0/s1. The van der Waals surface area contributed by atoms with Gasteiger partial charge in [-0.25, -0.2) is 8.42 Å². The minimum atomic E-state index is -2.95. The van der Waals surface area contributed by atoms with Gasteiger partial charge >= 0.3 is 0 Å². The van der Waals surface area contributed by atoms with Crippen LogP contribution in [0.3, 0.4) is 0 Å². The summed E-state index contributed by atoms with van der Waals surface area (Å²) in [6.45, 7) is 4.19. The summed E-state index contributed by atoms with van der Waals surface area (Å²) in [5, 5.41) is 3.18.